The predicted octanol–water partition coefficient (Wildman–Crippen LogP) is 3.00. The average Bonchev–Trinajstić information content (AvgIpc) is 2.76. The zero-order valence-electron chi connectivity index (χ0n) is 8.64. The molecule has 0 atom stereocenters. The smallest absolute Gasteiger partial charge is 0.260 e. The summed E-state index contributed by atoms with van der Waals surface area (Å²) in [7, 11) is 0. The lowest BCUT2D eigenvalue weighted by molar-refractivity contribution is 0.102. The highest BCUT2D eigenvalue weighted by molar-refractivity contribution is 6.32. The van der Waals surface area contributed by atoms with Gasteiger partial charge in [-0.15, -0.1) is 0 Å². The molecule has 4 nitrogen and oxygen atoms in total. The monoisotopic (exact) mass is 249 g/mol. The number of aldehydes is 1. The number of furan rings is 1. The van der Waals surface area contributed by atoms with Gasteiger partial charge in [-0.1, -0.05) is 12.1 Å². The summed E-state index contributed by atoms with van der Waals surface area (Å²) in [4.78, 5) is 22.3. The van der Waals surface area contributed by atoms with E-state index in [0.717, 1.165) is 0 Å². The second kappa shape index (κ2) is 4.84. The van der Waals surface area contributed by atoms with Crippen molar-refractivity contribution in [3.05, 3.63) is 52.9 Å². The van der Waals surface area contributed by atoms with Crippen LogP contribution in [-0.4, -0.2) is 12.2 Å². The number of hydrogen-bond acceptors (Lipinski definition) is 3. The largest absolute Gasteiger partial charge is 0.452 e. The van der Waals surface area contributed by atoms with Gasteiger partial charge >= 0.3 is 0 Å². The number of nitrogens with one attached hydrogen (secondary N) is 1. The first-order valence-corrected chi connectivity index (χ1v) is 5.18. The van der Waals surface area contributed by atoms with Crippen LogP contribution >= 0.6 is 11.6 Å². The van der Waals surface area contributed by atoms with Gasteiger partial charge in [0.15, 0.2) is 0 Å². The van der Waals surface area contributed by atoms with Crippen molar-refractivity contribution >= 4 is 29.5 Å². The first kappa shape index (κ1) is 11.4. The topological polar surface area (TPSA) is 59.3 Å². The van der Waals surface area contributed by atoms with Crippen molar-refractivity contribution in [2.24, 2.45) is 0 Å². The van der Waals surface area contributed by atoms with E-state index < -0.39 is 0 Å². The van der Waals surface area contributed by atoms with Gasteiger partial charge in [-0.25, -0.2) is 0 Å². The summed E-state index contributed by atoms with van der Waals surface area (Å²) in [5.74, 6) is -0.383. The van der Waals surface area contributed by atoms with Crippen LogP contribution in [0.4, 0.5) is 5.69 Å². The fraction of sp³-hybridized carbons (Fsp3) is 0. The molecule has 0 aliphatic rings. The minimum atomic E-state index is -0.383. The molecule has 1 aromatic carbocycles. The maximum Gasteiger partial charge on any atom is 0.260 e. The highest BCUT2D eigenvalue weighted by atomic mass is 35.5. The van der Waals surface area contributed by atoms with Gasteiger partial charge in [-0.05, 0) is 29.8 Å². The Kier molecular flexibility index (Phi) is 3.25. The summed E-state index contributed by atoms with van der Waals surface area (Å²) in [6.45, 7) is 0. The van der Waals surface area contributed by atoms with E-state index in [0.29, 0.717) is 17.5 Å². The molecule has 86 valence electrons. The van der Waals surface area contributed by atoms with Gasteiger partial charge < -0.3 is 9.73 Å². The van der Waals surface area contributed by atoms with Crippen LogP contribution in [0.1, 0.15) is 20.7 Å². The standard InChI is InChI=1S/C12H8ClNO3/c13-11-10(4-5-17-11)12(16)14-9-3-1-2-8(6-9)7-15/h1-7H,(H,14,16). The minimum Gasteiger partial charge on any atom is -0.452 e. The molecule has 0 aliphatic heterocycles. The molecule has 0 fully saturated rings. The Bertz CT molecular complexity index is 562. The fourth-order valence-electron chi connectivity index (χ4n) is 1.34. The van der Waals surface area contributed by atoms with Crippen LogP contribution in [0.2, 0.25) is 5.22 Å². The minimum absolute atomic E-state index is 0.0361. The zero-order valence-corrected chi connectivity index (χ0v) is 9.40. The Balaban J connectivity index is 2.18. The molecule has 1 amide bonds. The van der Waals surface area contributed by atoms with Gasteiger partial charge in [0.1, 0.15) is 6.29 Å². The van der Waals surface area contributed by atoms with Crippen molar-refractivity contribution in [2.75, 3.05) is 5.32 Å². The molecule has 1 aromatic heterocycles. The number of anilines is 1. The number of benzene rings is 1. The van der Waals surface area contributed by atoms with Gasteiger partial charge in [-0.2, -0.15) is 0 Å². The van der Waals surface area contributed by atoms with Crippen molar-refractivity contribution in [1.29, 1.82) is 0 Å². The Morgan fingerprint density at radius 3 is 2.82 bits per heavy atom. The third-order valence-corrected chi connectivity index (χ3v) is 2.44. The predicted molar refractivity (Wildman–Crippen MR) is 63.5 cm³/mol. The Labute approximate surface area is 102 Å². The van der Waals surface area contributed by atoms with Crippen molar-refractivity contribution in [2.45, 2.75) is 0 Å². The molecule has 0 unspecified atom stereocenters. The lowest BCUT2D eigenvalue weighted by Crippen LogP contribution is -2.11. The second-order valence-electron chi connectivity index (χ2n) is 3.31. The van der Waals surface area contributed by atoms with Crippen molar-refractivity contribution in [3.63, 3.8) is 0 Å². The van der Waals surface area contributed by atoms with Crippen molar-refractivity contribution in [1.82, 2.24) is 0 Å². The second-order valence-corrected chi connectivity index (χ2v) is 3.65. The van der Waals surface area contributed by atoms with E-state index in [1.165, 1.54) is 12.3 Å². The first-order chi connectivity index (χ1) is 8.20. The highest BCUT2D eigenvalue weighted by Crippen LogP contribution is 2.18. The molecule has 0 radical (unpaired) electrons. The molecule has 1 N–H and O–H groups in total. The number of halogens is 1. The molecular weight excluding hydrogens is 242 g/mol. The normalized spacial score (nSPS) is 9.94. The van der Waals surface area contributed by atoms with E-state index in [4.69, 9.17) is 16.0 Å². The molecule has 5 heteroatoms. The van der Waals surface area contributed by atoms with Crippen LogP contribution in [-0.2, 0) is 0 Å². The van der Waals surface area contributed by atoms with E-state index in [-0.39, 0.29) is 16.7 Å². The summed E-state index contributed by atoms with van der Waals surface area (Å²) < 4.78 is 4.82. The highest BCUT2D eigenvalue weighted by Gasteiger charge is 2.12. The average molecular weight is 250 g/mol. The summed E-state index contributed by atoms with van der Waals surface area (Å²) >= 11 is 5.68. The lowest BCUT2D eigenvalue weighted by Gasteiger charge is -2.03. The zero-order chi connectivity index (χ0) is 12.3. The fourth-order valence-corrected chi connectivity index (χ4v) is 1.54. The van der Waals surface area contributed by atoms with Crippen LogP contribution in [0.5, 0.6) is 0 Å². The third-order valence-electron chi connectivity index (χ3n) is 2.14. The molecule has 0 bridgehead atoms. The lowest BCUT2D eigenvalue weighted by atomic mass is 10.2. The van der Waals surface area contributed by atoms with E-state index in [1.54, 1.807) is 24.3 Å². The molecule has 17 heavy (non-hydrogen) atoms. The molecule has 0 saturated heterocycles. The van der Waals surface area contributed by atoms with Crippen LogP contribution in [0.25, 0.3) is 0 Å². The Morgan fingerprint density at radius 2 is 2.18 bits per heavy atom. The quantitative estimate of drug-likeness (QED) is 0.851. The van der Waals surface area contributed by atoms with Gasteiger partial charge in [-0.3, -0.25) is 9.59 Å². The van der Waals surface area contributed by atoms with Crippen LogP contribution < -0.4 is 5.32 Å². The van der Waals surface area contributed by atoms with E-state index in [1.807, 2.05) is 0 Å². The maximum atomic E-state index is 11.8. The van der Waals surface area contributed by atoms with Gasteiger partial charge in [0.2, 0.25) is 5.22 Å². The molecule has 2 aromatic rings. The van der Waals surface area contributed by atoms with Gasteiger partial charge in [0.05, 0.1) is 11.8 Å². The van der Waals surface area contributed by atoms with E-state index in [2.05, 4.69) is 5.32 Å². The first-order valence-electron chi connectivity index (χ1n) is 4.80. The number of hydrogen-bond donors (Lipinski definition) is 1. The number of amides is 1. The number of carbonyl (C=O) groups is 2. The van der Waals surface area contributed by atoms with E-state index >= 15 is 0 Å². The molecular formula is C12H8ClNO3. The van der Waals surface area contributed by atoms with Crippen LogP contribution in [0.15, 0.2) is 41.0 Å². The maximum absolute atomic E-state index is 11.8. The van der Waals surface area contributed by atoms with Crippen LogP contribution in [0.3, 0.4) is 0 Å². The van der Waals surface area contributed by atoms with Gasteiger partial charge in [0, 0.05) is 11.3 Å². The number of carbonyl (C=O) groups excluding carboxylic acids is 2. The molecule has 0 spiro atoms. The Morgan fingerprint density at radius 1 is 1.35 bits per heavy atom. The SMILES string of the molecule is O=Cc1cccc(NC(=O)c2ccoc2Cl)c1. The summed E-state index contributed by atoms with van der Waals surface area (Å²) in [6.07, 6.45) is 2.04. The van der Waals surface area contributed by atoms with Crippen molar-refractivity contribution < 1.29 is 14.0 Å². The third kappa shape index (κ3) is 2.54. The van der Waals surface area contributed by atoms with Crippen LogP contribution in [0, 0.1) is 0 Å². The van der Waals surface area contributed by atoms with E-state index in [9.17, 15) is 9.59 Å². The Hall–Kier alpha value is -2.07. The van der Waals surface area contributed by atoms with Gasteiger partial charge in [0.25, 0.3) is 5.91 Å². The molecule has 0 aliphatic carbocycles. The summed E-state index contributed by atoms with van der Waals surface area (Å²) in [6, 6.07) is 8.04. The molecule has 1 heterocycles. The summed E-state index contributed by atoms with van der Waals surface area (Å²) in [5, 5.41) is 2.65. The molecule has 2 rings (SSSR count). The molecule has 0 saturated carbocycles. The number of rotatable bonds is 3. The summed E-state index contributed by atoms with van der Waals surface area (Å²) in [5.41, 5.74) is 1.26. The van der Waals surface area contributed by atoms with Crippen molar-refractivity contribution in [3.8, 4) is 0 Å².